The lowest BCUT2D eigenvalue weighted by Crippen LogP contribution is -2.41. The molecule has 6 heteroatoms. The number of pyridine rings is 1. The number of hydrogen-bond acceptors (Lipinski definition) is 3. The van der Waals surface area contributed by atoms with Gasteiger partial charge in [-0.3, -0.25) is 9.39 Å². The lowest BCUT2D eigenvalue weighted by Gasteiger charge is -2.14. The molecule has 0 radical (unpaired) electrons. The Labute approximate surface area is 119 Å². The first-order chi connectivity index (χ1) is 9.70. The van der Waals surface area contributed by atoms with Crippen molar-refractivity contribution in [1.29, 1.82) is 0 Å². The number of aromatic nitrogens is 3. The van der Waals surface area contributed by atoms with E-state index in [9.17, 15) is 0 Å². The summed E-state index contributed by atoms with van der Waals surface area (Å²) < 4.78 is 2.03. The maximum atomic E-state index is 4.22. The molecule has 2 rings (SSSR count). The molecule has 2 heterocycles. The Morgan fingerprint density at radius 1 is 1.35 bits per heavy atom. The zero-order chi connectivity index (χ0) is 14.4. The first kappa shape index (κ1) is 14.3. The van der Waals surface area contributed by atoms with Crippen molar-refractivity contribution in [3.63, 3.8) is 0 Å². The van der Waals surface area contributed by atoms with Crippen molar-refractivity contribution in [1.82, 2.24) is 25.2 Å². The summed E-state index contributed by atoms with van der Waals surface area (Å²) in [6, 6.07) is 6.30. The van der Waals surface area contributed by atoms with E-state index in [4.69, 9.17) is 0 Å². The quantitative estimate of drug-likeness (QED) is 0.489. The predicted octanol–water partition coefficient (Wildman–Crippen LogP) is 1.24. The average Bonchev–Trinajstić information content (AvgIpc) is 2.85. The summed E-state index contributed by atoms with van der Waals surface area (Å²) in [5, 5.41) is 14.9. The molecule has 0 amide bonds. The Balaban J connectivity index is 1.81. The monoisotopic (exact) mass is 274 g/mol. The van der Waals surface area contributed by atoms with Gasteiger partial charge >= 0.3 is 0 Å². The lowest BCUT2D eigenvalue weighted by atomic mass is 10.3. The number of nitrogens with one attached hydrogen (secondary N) is 2. The molecule has 2 N–H and O–H groups in total. The molecule has 0 saturated heterocycles. The Hall–Kier alpha value is -2.11. The normalized spacial score (nSPS) is 12.1. The third kappa shape index (κ3) is 3.69. The smallest absolute Gasteiger partial charge is 0.191 e. The van der Waals surface area contributed by atoms with Gasteiger partial charge in [-0.25, -0.2) is 0 Å². The van der Waals surface area contributed by atoms with Crippen LogP contribution in [0, 0.1) is 0 Å². The van der Waals surface area contributed by atoms with Gasteiger partial charge in [0.2, 0.25) is 0 Å². The number of rotatable bonds is 5. The van der Waals surface area contributed by atoms with Crippen LogP contribution in [0.1, 0.15) is 26.1 Å². The van der Waals surface area contributed by atoms with Crippen LogP contribution in [-0.4, -0.2) is 40.2 Å². The van der Waals surface area contributed by atoms with Gasteiger partial charge < -0.3 is 10.6 Å². The molecule has 2 aromatic rings. The molecule has 0 spiro atoms. The van der Waals surface area contributed by atoms with Crippen LogP contribution >= 0.6 is 0 Å². The van der Waals surface area contributed by atoms with Crippen LogP contribution in [0.4, 0.5) is 0 Å². The molecule has 2 aromatic heterocycles. The van der Waals surface area contributed by atoms with Crippen LogP contribution in [0.2, 0.25) is 0 Å². The number of nitrogens with zero attached hydrogens (tertiary/aromatic N) is 4. The van der Waals surface area contributed by atoms with E-state index in [-0.39, 0.29) is 0 Å². The molecule has 0 fully saturated rings. The molecular formula is C14H22N6. The predicted molar refractivity (Wildman–Crippen MR) is 80.9 cm³/mol. The molecule has 0 aliphatic heterocycles. The molecule has 0 unspecified atom stereocenters. The molecule has 0 aliphatic rings. The van der Waals surface area contributed by atoms with Crippen LogP contribution in [-0.2, 0) is 6.42 Å². The first-order valence-corrected chi connectivity index (χ1v) is 6.96. The maximum Gasteiger partial charge on any atom is 0.191 e. The molecule has 0 aliphatic carbocycles. The summed E-state index contributed by atoms with van der Waals surface area (Å²) in [7, 11) is 1.78. The van der Waals surface area contributed by atoms with E-state index in [2.05, 4.69) is 39.7 Å². The minimum atomic E-state index is 0.377. The number of guanidine groups is 1. The fourth-order valence-electron chi connectivity index (χ4n) is 1.98. The number of hydrogen-bond donors (Lipinski definition) is 2. The van der Waals surface area contributed by atoms with Crippen molar-refractivity contribution in [2.45, 2.75) is 32.7 Å². The van der Waals surface area contributed by atoms with Gasteiger partial charge in [-0.2, -0.15) is 0 Å². The van der Waals surface area contributed by atoms with Gasteiger partial charge in [0.05, 0.1) is 0 Å². The fraction of sp³-hybridized carbons (Fsp3) is 0.500. The zero-order valence-electron chi connectivity index (χ0n) is 12.3. The minimum Gasteiger partial charge on any atom is -0.356 e. The highest BCUT2D eigenvalue weighted by atomic mass is 15.2. The molecule has 0 saturated carbocycles. The molecule has 0 atom stereocenters. The Morgan fingerprint density at radius 3 is 2.95 bits per heavy atom. The summed E-state index contributed by atoms with van der Waals surface area (Å²) in [6.07, 6.45) is 3.86. The number of aryl methyl sites for hydroxylation is 1. The molecule has 6 nitrogen and oxygen atoms in total. The van der Waals surface area contributed by atoms with Crippen molar-refractivity contribution in [2.24, 2.45) is 4.99 Å². The minimum absolute atomic E-state index is 0.377. The maximum absolute atomic E-state index is 4.22. The Bertz CT molecular complexity index is 572. The third-order valence-electron chi connectivity index (χ3n) is 2.90. The van der Waals surface area contributed by atoms with Crippen LogP contribution in [0.5, 0.6) is 0 Å². The van der Waals surface area contributed by atoms with Gasteiger partial charge in [-0.15, -0.1) is 10.2 Å². The summed E-state index contributed by atoms with van der Waals surface area (Å²) in [4.78, 5) is 4.17. The van der Waals surface area contributed by atoms with Crippen LogP contribution in [0.15, 0.2) is 29.4 Å². The third-order valence-corrected chi connectivity index (χ3v) is 2.90. The Morgan fingerprint density at radius 2 is 2.20 bits per heavy atom. The second kappa shape index (κ2) is 6.88. The summed E-state index contributed by atoms with van der Waals surface area (Å²) in [6.45, 7) is 5.04. The van der Waals surface area contributed by atoms with Crippen LogP contribution in [0.25, 0.3) is 5.65 Å². The highest BCUT2D eigenvalue weighted by Crippen LogP contribution is 2.04. The van der Waals surface area contributed by atoms with Crippen molar-refractivity contribution < 1.29 is 0 Å². The number of aliphatic imine (C=N–C) groups is 1. The van der Waals surface area contributed by atoms with Crippen molar-refractivity contribution in [3.05, 3.63) is 30.2 Å². The molecule has 20 heavy (non-hydrogen) atoms. The van der Waals surface area contributed by atoms with E-state index in [0.29, 0.717) is 6.04 Å². The van der Waals surface area contributed by atoms with Crippen LogP contribution in [0.3, 0.4) is 0 Å². The largest absolute Gasteiger partial charge is 0.356 e. The average molecular weight is 274 g/mol. The van der Waals surface area contributed by atoms with E-state index in [1.165, 1.54) is 0 Å². The number of fused-ring (bicyclic) bond motifs is 1. The van der Waals surface area contributed by atoms with Crippen molar-refractivity contribution >= 4 is 11.6 Å². The van der Waals surface area contributed by atoms with E-state index < -0.39 is 0 Å². The van der Waals surface area contributed by atoms with E-state index >= 15 is 0 Å². The van der Waals surface area contributed by atoms with Crippen molar-refractivity contribution in [3.8, 4) is 0 Å². The first-order valence-electron chi connectivity index (χ1n) is 6.96. The van der Waals surface area contributed by atoms with Crippen molar-refractivity contribution in [2.75, 3.05) is 13.6 Å². The van der Waals surface area contributed by atoms with Gasteiger partial charge in [0.1, 0.15) is 5.82 Å². The highest BCUT2D eigenvalue weighted by molar-refractivity contribution is 5.79. The second-order valence-corrected chi connectivity index (χ2v) is 4.95. The van der Waals surface area contributed by atoms with Gasteiger partial charge in [0.25, 0.3) is 0 Å². The second-order valence-electron chi connectivity index (χ2n) is 4.95. The van der Waals surface area contributed by atoms with Gasteiger partial charge in [0.15, 0.2) is 11.6 Å². The Kier molecular flexibility index (Phi) is 4.92. The van der Waals surface area contributed by atoms with Gasteiger partial charge in [0, 0.05) is 32.3 Å². The topological polar surface area (TPSA) is 66.6 Å². The van der Waals surface area contributed by atoms with Gasteiger partial charge in [-0.05, 0) is 32.4 Å². The SMILES string of the molecule is CN=C(NCCCc1nnc2ccccn12)NC(C)C. The zero-order valence-corrected chi connectivity index (χ0v) is 12.3. The molecule has 108 valence electrons. The summed E-state index contributed by atoms with van der Waals surface area (Å²) in [5.74, 6) is 1.83. The summed E-state index contributed by atoms with van der Waals surface area (Å²) >= 11 is 0. The van der Waals surface area contributed by atoms with Gasteiger partial charge in [-0.1, -0.05) is 6.07 Å². The van der Waals surface area contributed by atoms with E-state index in [0.717, 1.165) is 36.8 Å². The van der Waals surface area contributed by atoms with E-state index in [1.807, 2.05) is 28.8 Å². The standard InChI is InChI=1S/C14H22N6/c1-11(2)17-14(15-3)16-9-6-8-13-19-18-12-7-4-5-10-20(12)13/h4-5,7,10-11H,6,8-9H2,1-3H3,(H2,15,16,17). The summed E-state index contributed by atoms with van der Waals surface area (Å²) in [5.41, 5.74) is 0.896. The fourth-order valence-corrected chi connectivity index (χ4v) is 1.98. The molecular weight excluding hydrogens is 252 g/mol. The molecule has 0 aromatic carbocycles. The van der Waals surface area contributed by atoms with Crippen LogP contribution < -0.4 is 10.6 Å². The lowest BCUT2D eigenvalue weighted by molar-refractivity contribution is 0.677. The highest BCUT2D eigenvalue weighted by Gasteiger charge is 2.04. The molecule has 0 bridgehead atoms. The van der Waals surface area contributed by atoms with E-state index in [1.54, 1.807) is 7.05 Å².